The molecule has 1 N–H and O–H groups in total. The fraction of sp³-hybridized carbons (Fsp3) is 0.944. The van der Waals surface area contributed by atoms with Gasteiger partial charge in [0.25, 0.3) is 0 Å². The van der Waals surface area contributed by atoms with Crippen LogP contribution in [0, 0.1) is 11.8 Å². The fourth-order valence-corrected chi connectivity index (χ4v) is 4.65. The van der Waals surface area contributed by atoms with Crippen LogP contribution in [0.5, 0.6) is 0 Å². The summed E-state index contributed by atoms with van der Waals surface area (Å²) in [5.74, 6) is 1.80. The molecule has 0 aromatic rings. The predicted octanol–water partition coefficient (Wildman–Crippen LogP) is 3.68. The Morgan fingerprint density at radius 3 is 2.33 bits per heavy atom. The van der Waals surface area contributed by atoms with E-state index in [1.807, 2.05) is 0 Å². The quantitative estimate of drug-likeness (QED) is 0.857. The summed E-state index contributed by atoms with van der Waals surface area (Å²) in [5.41, 5.74) is -0.318. The number of hydrogen-bond donors (Lipinski definition) is 1. The van der Waals surface area contributed by atoms with E-state index in [-0.39, 0.29) is 5.54 Å². The summed E-state index contributed by atoms with van der Waals surface area (Å²) < 4.78 is 0. The van der Waals surface area contributed by atoms with E-state index >= 15 is 0 Å². The molecule has 2 saturated carbocycles. The summed E-state index contributed by atoms with van der Waals surface area (Å²) >= 11 is 0. The Kier molecular flexibility index (Phi) is 4.58. The van der Waals surface area contributed by atoms with Crippen LogP contribution in [0.3, 0.4) is 0 Å². The van der Waals surface area contributed by atoms with Gasteiger partial charge in [0.2, 0.25) is 5.91 Å². The van der Waals surface area contributed by atoms with Crippen LogP contribution in [0.2, 0.25) is 0 Å². The van der Waals surface area contributed by atoms with Crippen LogP contribution in [0.1, 0.15) is 78.1 Å². The largest absolute Gasteiger partial charge is 0.325 e. The minimum Gasteiger partial charge on any atom is -0.325 e. The number of amides is 1. The molecule has 0 aromatic heterocycles. The van der Waals surface area contributed by atoms with Gasteiger partial charge in [0, 0.05) is 6.54 Å². The van der Waals surface area contributed by atoms with E-state index in [2.05, 4.69) is 24.1 Å². The van der Waals surface area contributed by atoms with Crippen LogP contribution in [-0.4, -0.2) is 29.1 Å². The van der Waals surface area contributed by atoms with Crippen LogP contribution in [0.25, 0.3) is 0 Å². The smallest absolute Gasteiger partial charge is 0.243 e. The molecule has 3 heteroatoms. The minimum atomic E-state index is -0.318. The van der Waals surface area contributed by atoms with Gasteiger partial charge in [-0.2, -0.15) is 0 Å². The molecule has 2 atom stereocenters. The summed E-state index contributed by atoms with van der Waals surface area (Å²) in [4.78, 5) is 15.2. The normalized spacial score (nSPS) is 35.8. The minimum absolute atomic E-state index is 0.312. The summed E-state index contributed by atoms with van der Waals surface area (Å²) in [6, 6.07) is 0. The molecule has 3 aliphatic rings. The maximum atomic E-state index is 13.0. The zero-order valence-electron chi connectivity index (χ0n) is 13.9. The first-order valence-electron chi connectivity index (χ1n) is 9.23. The Hall–Kier alpha value is -0.570. The third-order valence-corrected chi connectivity index (χ3v) is 6.27. The molecule has 1 amide bonds. The second-order valence-corrected chi connectivity index (χ2v) is 7.78. The molecular weight excluding hydrogens is 260 g/mol. The highest BCUT2D eigenvalue weighted by Gasteiger charge is 2.49. The second kappa shape index (κ2) is 6.28. The molecule has 1 saturated heterocycles. The molecular formula is C18H32N2O. The van der Waals surface area contributed by atoms with Crippen molar-refractivity contribution >= 4 is 5.91 Å². The molecule has 0 spiro atoms. The third-order valence-electron chi connectivity index (χ3n) is 6.27. The Morgan fingerprint density at radius 2 is 1.71 bits per heavy atom. The van der Waals surface area contributed by atoms with E-state index in [4.69, 9.17) is 0 Å². The molecule has 3 rings (SSSR count). The van der Waals surface area contributed by atoms with Crippen LogP contribution in [0.4, 0.5) is 0 Å². The van der Waals surface area contributed by atoms with Crippen LogP contribution in [-0.2, 0) is 4.79 Å². The monoisotopic (exact) mass is 292 g/mol. The molecule has 3 nitrogen and oxygen atoms in total. The van der Waals surface area contributed by atoms with Gasteiger partial charge in [-0.3, -0.25) is 10.1 Å². The predicted molar refractivity (Wildman–Crippen MR) is 85.9 cm³/mol. The van der Waals surface area contributed by atoms with Crippen LogP contribution < -0.4 is 5.32 Å². The topological polar surface area (TPSA) is 32.3 Å². The van der Waals surface area contributed by atoms with Gasteiger partial charge >= 0.3 is 0 Å². The van der Waals surface area contributed by atoms with Gasteiger partial charge in [-0.15, -0.1) is 0 Å². The van der Waals surface area contributed by atoms with Crippen LogP contribution in [0.15, 0.2) is 0 Å². The number of nitrogens with one attached hydrogen (secondary N) is 1. The molecule has 2 aliphatic carbocycles. The van der Waals surface area contributed by atoms with Crippen molar-refractivity contribution in [1.29, 1.82) is 0 Å². The molecule has 1 aliphatic heterocycles. The first-order valence-corrected chi connectivity index (χ1v) is 9.23. The van der Waals surface area contributed by atoms with E-state index in [0.29, 0.717) is 18.0 Å². The van der Waals surface area contributed by atoms with E-state index in [0.717, 1.165) is 18.9 Å². The highest BCUT2D eigenvalue weighted by Crippen LogP contribution is 2.37. The van der Waals surface area contributed by atoms with Gasteiger partial charge in [0.1, 0.15) is 0 Å². The molecule has 0 radical (unpaired) electrons. The zero-order chi connectivity index (χ0) is 14.9. The average molecular weight is 292 g/mol. The maximum absolute atomic E-state index is 13.0. The molecule has 120 valence electrons. The van der Waals surface area contributed by atoms with E-state index in [9.17, 15) is 4.79 Å². The van der Waals surface area contributed by atoms with E-state index in [1.54, 1.807) is 0 Å². The van der Waals surface area contributed by atoms with Crippen molar-refractivity contribution in [3.05, 3.63) is 0 Å². The summed E-state index contributed by atoms with van der Waals surface area (Å²) in [5, 5.41) is 3.72. The maximum Gasteiger partial charge on any atom is 0.243 e. The summed E-state index contributed by atoms with van der Waals surface area (Å²) in [6.45, 7) is 5.25. The molecule has 0 bridgehead atoms. The number of rotatable bonds is 4. The van der Waals surface area contributed by atoms with Crippen molar-refractivity contribution in [3.63, 3.8) is 0 Å². The number of carbonyl (C=O) groups excluding carboxylic acids is 1. The first kappa shape index (κ1) is 15.3. The summed E-state index contributed by atoms with van der Waals surface area (Å²) in [7, 11) is 0. The zero-order valence-corrected chi connectivity index (χ0v) is 13.9. The lowest BCUT2D eigenvalue weighted by molar-refractivity contribution is -0.134. The van der Waals surface area contributed by atoms with Gasteiger partial charge in [-0.05, 0) is 50.9 Å². The van der Waals surface area contributed by atoms with Crippen molar-refractivity contribution in [2.75, 3.05) is 6.54 Å². The fourth-order valence-electron chi connectivity index (χ4n) is 4.65. The summed E-state index contributed by atoms with van der Waals surface area (Å²) in [6.07, 6.45) is 13.3. The van der Waals surface area contributed by atoms with Crippen molar-refractivity contribution in [1.82, 2.24) is 10.2 Å². The SMILES string of the molecule is CCC1(C)NC(C2CCCC2)N(CC2CCCCC2)C1=O. The van der Waals surface area contributed by atoms with Gasteiger partial charge in [0.15, 0.2) is 0 Å². The lowest BCUT2D eigenvalue weighted by Gasteiger charge is -2.33. The molecule has 0 aromatic carbocycles. The molecule has 2 unspecified atom stereocenters. The highest BCUT2D eigenvalue weighted by atomic mass is 16.2. The van der Waals surface area contributed by atoms with Crippen LogP contribution >= 0.6 is 0 Å². The van der Waals surface area contributed by atoms with Crippen molar-refractivity contribution in [2.45, 2.75) is 89.8 Å². The van der Waals surface area contributed by atoms with E-state index in [1.165, 1.54) is 57.8 Å². The molecule has 1 heterocycles. The Balaban J connectivity index is 1.73. The number of carbonyl (C=O) groups is 1. The van der Waals surface area contributed by atoms with E-state index < -0.39 is 0 Å². The standard InChI is InChI=1S/C18H32N2O/c1-3-18(2)17(21)20(13-14-9-5-4-6-10-14)16(19-18)15-11-7-8-12-15/h14-16,19H,3-13H2,1-2H3. The third kappa shape index (κ3) is 2.99. The van der Waals surface area contributed by atoms with Crippen molar-refractivity contribution in [3.8, 4) is 0 Å². The second-order valence-electron chi connectivity index (χ2n) is 7.78. The van der Waals surface area contributed by atoms with Crippen molar-refractivity contribution < 1.29 is 4.79 Å². The molecule has 3 fully saturated rings. The Bertz CT molecular complexity index is 371. The number of nitrogens with zero attached hydrogens (tertiary/aromatic N) is 1. The Labute approximate surface area is 129 Å². The Morgan fingerprint density at radius 1 is 1.10 bits per heavy atom. The van der Waals surface area contributed by atoms with Gasteiger partial charge in [0.05, 0.1) is 11.7 Å². The van der Waals surface area contributed by atoms with Gasteiger partial charge in [-0.25, -0.2) is 0 Å². The van der Waals surface area contributed by atoms with Gasteiger partial charge in [-0.1, -0.05) is 39.0 Å². The first-order chi connectivity index (χ1) is 10.1. The lowest BCUT2D eigenvalue weighted by atomic mass is 9.88. The molecule has 21 heavy (non-hydrogen) atoms. The number of hydrogen-bond acceptors (Lipinski definition) is 2. The lowest BCUT2D eigenvalue weighted by Crippen LogP contribution is -2.46. The van der Waals surface area contributed by atoms with Gasteiger partial charge < -0.3 is 4.90 Å². The highest BCUT2D eigenvalue weighted by molar-refractivity contribution is 5.88. The average Bonchev–Trinajstić information content (AvgIpc) is 3.11. The van der Waals surface area contributed by atoms with Crippen molar-refractivity contribution in [2.24, 2.45) is 11.8 Å².